The predicted octanol–water partition coefficient (Wildman–Crippen LogP) is 3.95. The van der Waals surface area contributed by atoms with E-state index in [9.17, 15) is 19.2 Å². The summed E-state index contributed by atoms with van der Waals surface area (Å²) in [6.07, 6.45) is 12.3. The molecule has 2 aliphatic heterocycles. The first kappa shape index (κ1) is 86.2. The highest BCUT2D eigenvalue weighted by atomic mass is 16.5. The Balaban J connectivity index is -0.000000273. The van der Waals surface area contributed by atoms with E-state index in [0.717, 1.165) is 50.6 Å². The lowest BCUT2D eigenvalue weighted by Crippen LogP contribution is -2.34. The maximum Gasteiger partial charge on any atom is 0.337 e. The van der Waals surface area contributed by atoms with Gasteiger partial charge in [0.25, 0.3) is 0 Å². The molecule has 22 nitrogen and oxygen atoms in total. The molecule has 0 radical (unpaired) electrons. The maximum absolute atomic E-state index is 11.0. The Labute approximate surface area is 499 Å². The Morgan fingerprint density at radius 2 is 0.951 bits per heavy atom. The van der Waals surface area contributed by atoms with E-state index >= 15 is 0 Å². The predicted molar refractivity (Wildman–Crippen MR) is 349 cm³/mol. The minimum Gasteiger partial charge on any atom is -0.480 e. The third kappa shape index (κ3) is 63.0. The van der Waals surface area contributed by atoms with Gasteiger partial charge in [0.1, 0.15) is 6.04 Å². The molecule has 2 aliphatic rings. The van der Waals surface area contributed by atoms with Gasteiger partial charge < -0.3 is 93.0 Å². The van der Waals surface area contributed by atoms with Crippen LogP contribution in [-0.2, 0) is 14.3 Å². The number of amides is 1. The first-order valence-electron chi connectivity index (χ1n) is 29.6. The Morgan fingerprint density at radius 3 is 1.24 bits per heavy atom. The third-order valence-corrected chi connectivity index (χ3v) is 12.3. The second-order valence-electron chi connectivity index (χ2n) is 19.8. The van der Waals surface area contributed by atoms with Crippen LogP contribution in [-0.4, -0.2) is 275 Å². The fourth-order valence-electron chi connectivity index (χ4n) is 7.01. The summed E-state index contributed by atoms with van der Waals surface area (Å²) in [5.41, 5.74) is 8.09. The number of anilines is 2. The van der Waals surface area contributed by atoms with Crippen LogP contribution in [0.15, 0.2) is 48.5 Å². The molecule has 1 atom stereocenters. The quantitative estimate of drug-likeness (QED) is 0.0425. The highest BCUT2D eigenvalue weighted by molar-refractivity contribution is 5.93. The molecule has 2 heterocycles. The number of primary amides is 1. The average molecular weight is 1170 g/mol. The first-order valence-corrected chi connectivity index (χ1v) is 29.6. The van der Waals surface area contributed by atoms with Gasteiger partial charge in [0.05, 0.1) is 19.2 Å². The zero-order valence-corrected chi connectivity index (χ0v) is 54.8. The molecule has 0 bridgehead atoms. The summed E-state index contributed by atoms with van der Waals surface area (Å²) in [6, 6.07) is 13.6. The minimum atomic E-state index is -0.822. The number of hydrogen-bond donors (Lipinski definition) is 12. The smallest absolute Gasteiger partial charge is 0.337 e. The number of hydrogen-bond acceptors (Lipinski definition) is 19. The number of nitrogens with two attached hydrogens (primary N) is 1. The van der Waals surface area contributed by atoms with E-state index in [4.69, 9.17) is 15.9 Å². The van der Waals surface area contributed by atoms with Gasteiger partial charge in [-0.05, 0) is 256 Å². The summed E-state index contributed by atoms with van der Waals surface area (Å²) >= 11 is 0. The van der Waals surface area contributed by atoms with E-state index in [1.807, 2.05) is 61.5 Å². The fraction of sp³-hybridized carbons (Fsp3) is 0.733. The van der Waals surface area contributed by atoms with E-state index in [-0.39, 0.29) is 12.5 Å². The molecule has 13 N–H and O–H groups in total. The van der Waals surface area contributed by atoms with Crippen LogP contribution in [0.2, 0.25) is 0 Å². The summed E-state index contributed by atoms with van der Waals surface area (Å²) in [5.74, 6) is -2.34. The molecule has 482 valence electrons. The fourth-order valence-corrected chi connectivity index (χ4v) is 7.01. The lowest BCUT2D eigenvalue weighted by atomic mass is 10.1. The van der Waals surface area contributed by atoms with Crippen molar-refractivity contribution >= 4 is 35.2 Å². The number of likely N-dealkylation sites (tertiary alicyclic amines) is 2. The molecule has 0 spiro atoms. The van der Waals surface area contributed by atoms with Gasteiger partial charge in [-0.15, -0.1) is 0 Å². The molecule has 4 rings (SSSR count). The van der Waals surface area contributed by atoms with Crippen molar-refractivity contribution in [3.05, 3.63) is 59.7 Å². The molecular formula is C60H125N15O7. The number of likely N-dealkylation sites (N-methyl/N-ethyl adjacent to an activating group) is 5. The molecule has 0 aliphatic carbocycles. The number of carboxylic acids is 2. The van der Waals surface area contributed by atoms with Crippen molar-refractivity contribution in [1.82, 2.24) is 61.7 Å². The zero-order chi connectivity index (χ0) is 63.2. The van der Waals surface area contributed by atoms with Crippen molar-refractivity contribution < 1.29 is 34.1 Å². The number of nitrogens with one attached hydrogen (secondary N) is 9. The first-order chi connectivity index (χ1) is 39.2. The molecule has 1 amide bonds. The van der Waals surface area contributed by atoms with Crippen LogP contribution in [0.3, 0.4) is 0 Å². The van der Waals surface area contributed by atoms with Crippen molar-refractivity contribution in [1.29, 1.82) is 0 Å². The summed E-state index contributed by atoms with van der Waals surface area (Å²) in [5, 5.41) is 42.6. The Kier molecular flexibility index (Phi) is 69.0. The van der Waals surface area contributed by atoms with E-state index in [1.54, 1.807) is 57.4 Å². The number of nitrogens with zero attached hydrogens (tertiary/aromatic N) is 5. The Bertz CT molecular complexity index is 1670. The van der Waals surface area contributed by atoms with Crippen LogP contribution < -0.4 is 53.6 Å². The SMILES string of the molecule is CCN(CC)CCCNC.CNC(C)C(=O)O.CNCC(=O)O.CNCCCN(C)C.CNCCCN1CCCCC1.CNCCN(C)C.CNCCN1CCCCC1.CNc1ccc(C(=O)OC)cc1.CNc1ccc(C(N)=O)cc1. The number of benzene rings is 2. The monoisotopic (exact) mass is 1170 g/mol. The van der Waals surface area contributed by atoms with Crippen molar-refractivity contribution in [3.8, 4) is 0 Å². The zero-order valence-electron chi connectivity index (χ0n) is 54.8. The number of carboxylic acid groups (broad SMARTS) is 2. The van der Waals surface area contributed by atoms with Crippen molar-refractivity contribution in [3.63, 3.8) is 0 Å². The van der Waals surface area contributed by atoms with E-state index < -0.39 is 23.9 Å². The van der Waals surface area contributed by atoms with Gasteiger partial charge in [-0.3, -0.25) is 14.4 Å². The average Bonchev–Trinajstić information content (AvgIpc) is 3.50. The molecule has 82 heavy (non-hydrogen) atoms. The number of carbonyl (C=O) groups excluding carboxylic acids is 2. The number of aliphatic carboxylic acids is 2. The second kappa shape index (κ2) is 65.6. The van der Waals surface area contributed by atoms with Crippen molar-refractivity contribution in [2.45, 2.75) is 84.6 Å². The normalized spacial score (nSPS) is 12.9. The van der Waals surface area contributed by atoms with Gasteiger partial charge >= 0.3 is 17.9 Å². The third-order valence-electron chi connectivity index (χ3n) is 12.3. The van der Waals surface area contributed by atoms with Gasteiger partial charge in [-0.25, -0.2) is 4.79 Å². The van der Waals surface area contributed by atoms with Crippen LogP contribution >= 0.6 is 0 Å². The number of methoxy groups -OCH3 is 1. The summed E-state index contributed by atoms with van der Waals surface area (Å²) in [4.78, 5) is 52.9. The van der Waals surface area contributed by atoms with Crippen LogP contribution in [0, 0.1) is 0 Å². The minimum absolute atomic E-state index is 0.0417. The molecule has 22 heteroatoms. The summed E-state index contributed by atoms with van der Waals surface area (Å²) in [6.45, 7) is 25.4. The van der Waals surface area contributed by atoms with E-state index in [1.165, 1.54) is 130 Å². The number of esters is 1. The van der Waals surface area contributed by atoms with Gasteiger partial charge in [-0.1, -0.05) is 26.7 Å². The summed E-state index contributed by atoms with van der Waals surface area (Å²) in [7, 11) is 26.5. The molecule has 2 saturated heterocycles. The van der Waals surface area contributed by atoms with Crippen molar-refractivity contribution in [2.24, 2.45) is 5.73 Å². The van der Waals surface area contributed by atoms with Crippen LogP contribution in [0.1, 0.15) is 99.3 Å². The molecular weight excluding hydrogens is 1040 g/mol. The van der Waals surface area contributed by atoms with Gasteiger partial charge in [0.15, 0.2) is 0 Å². The van der Waals surface area contributed by atoms with E-state index in [0.29, 0.717) is 11.1 Å². The highest BCUT2D eigenvalue weighted by Crippen LogP contribution is 2.10. The second-order valence-corrected chi connectivity index (χ2v) is 19.8. The van der Waals surface area contributed by atoms with Gasteiger partial charge in [0.2, 0.25) is 5.91 Å². The van der Waals surface area contributed by atoms with Crippen LogP contribution in [0.25, 0.3) is 0 Å². The molecule has 0 aromatic heterocycles. The molecule has 2 aromatic rings. The Morgan fingerprint density at radius 1 is 0.549 bits per heavy atom. The van der Waals surface area contributed by atoms with Gasteiger partial charge in [0, 0.05) is 57.2 Å². The molecule has 2 aromatic carbocycles. The Hall–Kier alpha value is -4.56. The largest absolute Gasteiger partial charge is 0.480 e. The van der Waals surface area contributed by atoms with Crippen LogP contribution in [0.4, 0.5) is 11.4 Å². The lowest BCUT2D eigenvalue weighted by molar-refractivity contribution is -0.139. The van der Waals surface area contributed by atoms with Crippen molar-refractivity contribution in [2.75, 3.05) is 221 Å². The highest BCUT2D eigenvalue weighted by Gasteiger charge is 2.09. The molecule has 2 fully saturated rings. The van der Waals surface area contributed by atoms with E-state index in [2.05, 4.69) is 119 Å². The maximum atomic E-state index is 11.0. The van der Waals surface area contributed by atoms with Gasteiger partial charge in [-0.2, -0.15) is 0 Å². The summed E-state index contributed by atoms with van der Waals surface area (Å²) < 4.78 is 4.55. The standard InChI is InChI=1S/C9H20N2.C9H11NO2.C8H10N2O.C8H18N2.C8H20N2.C6H16N2.C5H14N2.C4H9NO2.C3H7NO2/c1-10-6-5-9-11-7-3-2-4-8-11;1-10-8-5-3-7(4-6-8)9(11)12-2;1-10-7-4-2-6(3-5-7)8(9)11;1-9-5-8-10-6-3-2-4-7-10;1-4-10(5-2)8-6-7-9-3;1-7-5-4-6-8(2)3;1-6-4-5-7(2)3;1-3(5-2)4(6)7;1-4-2-3(5)6/h10H,2-9H2,1H3;3-6,10H,1-2H3;2-5,10H,1H3,(H2,9,11);9H,2-8H2,1H3;9H,4-8H2,1-3H3;7H,4-6H2,1-3H3;6H,4-5H2,1-3H3;3,5H,1-2H3,(H,6,7);4H,2H2,1H3,(H,5,6). The number of rotatable bonds is 28. The number of carbonyl (C=O) groups is 4. The number of ether oxygens (including phenoxy) is 1. The lowest BCUT2D eigenvalue weighted by Gasteiger charge is -2.26. The molecule has 0 saturated carbocycles. The van der Waals surface area contributed by atoms with Crippen LogP contribution in [0.5, 0.6) is 0 Å². The molecule has 1 unspecified atom stereocenters. The topological polar surface area (TPSA) is 268 Å². The number of piperidine rings is 2.